The molecule has 0 aromatic heterocycles. The third-order valence-electron chi connectivity index (χ3n) is 1.68. The van der Waals surface area contributed by atoms with Gasteiger partial charge in [-0.2, -0.15) is 5.26 Å². The number of alkyl halides is 1. The minimum Gasteiger partial charge on any atom is -0.491 e. The van der Waals surface area contributed by atoms with E-state index in [9.17, 15) is 4.79 Å². The Morgan fingerprint density at radius 1 is 1.53 bits per heavy atom. The first kappa shape index (κ1) is 11.3. The van der Waals surface area contributed by atoms with E-state index in [1.54, 1.807) is 24.3 Å². The van der Waals surface area contributed by atoms with Crippen molar-refractivity contribution in [3.8, 4) is 11.8 Å². The highest BCUT2D eigenvalue weighted by Gasteiger charge is 2.04. The van der Waals surface area contributed by atoms with Gasteiger partial charge in [0.2, 0.25) is 5.91 Å². The molecule has 0 aliphatic heterocycles. The lowest BCUT2D eigenvalue weighted by Crippen LogP contribution is -2.11. The molecule has 0 fully saturated rings. The van der Waals surface area contributed by atoms with E-state index < -0.39 is 11.3 Å². The summed E-state index contributed by atoms with van der Waals surface area (Å²) in [5, 5.41) is 7.73. The monoisotopic (exact) mass is 224 g/mol. The first-order valence-corrected chi connectivity index (χ1v) is 4.63. The Labute approximate surface area is 92.2 Å². The van der Waals surface area contributed by atoms with E-state index in [2.05, 4.69) is 0 Å². The number of carbonyl (C=O) groups is 1. The summed E-state index contributed by atoms with van der Waals surface area (Å²) >= 11 is 5.54. The number of hydrogen-bond acceptors (Lipinski definition) is 3. The second kappa shape index (κ2) is 5.23. The molecule has 0 spiro atoms. The van der Waals surface area contributed by atoms with Crippen molar-refractivity contribution in [1.82, 2.24) is 0 Å². The van der Waals surface area contributed by atoms with Crippen molar-refractivity contribution >= 4 is 17.5 Å². The zero-order chi connectivity index (χ0) is 11.3. The number of carbonyl (C=O) groups excluding carboxylic acids is 1. The van der Waals surface area contributed by atoms with E-state index in [0.29, 0.717) is 11.3 Å². The van der Waals surface area contributed by atoms with E-state index in [0.717, 1.165) is 0 Å². The molecule has 0 saturated heterocycles. The molecule has 1 atom stereocenters. The van der Waals surface area contributed by atoms with Gasteiger partial charge in [-0.15, -0.1) is 11.6 Å². The van der Waals surface area contributed by atoms with Crippen molar-refractivity contribution in [2.24, 2.45) is 5.73 Å². The molecule has 0 heterocycles. The van der Waals surface area contributed by atoms with Crippen molar-refractivity contribution in [3.63, 3.8) is 0 Å². The van der Waals surface area contributed by atoms with Gasteiger partial charge in [-0.3, -0.25) is 4.79 Å². The number of nitrogens with two attached hydrogens (primary N) is 1. The van der Waals surface area contributed by atoms with Crippen LogP contribution in [0.3, 0.4) is 0 Å². The smallest absolute Gasteiger partial charge is 0.248 e. The summed E-state index contributed by atoms with van der Waals surface area (Å²) in [6.45, 7) is 0.105. The first-order chi connectivity index (χ1) is 7.13. The van der Waals surface area contributed by atoms with Gasteiger partial charge in [0.1, 0.15) is 12.4 Å². The lowest BCUT2D eigenvalue weighted by molar-refractivity contribution is 0.100. The summed E-state index contributed by atoms with van der Waals surface area (Å²) in [5.41, 5.74) is 5.47. The number of rotatable bonds is 4. The van der Waals surface area contributed by atoms with Crippen LogP contribution in [0.5, 0.6) is 5.75 Å². The number of primary amides is 1. The van der Waals surface area contributed by atoms with Gasteiger partial charge < -0.3 is 10.5 Å². The standard InChI is InChI=1S/C10H9ClN2O2/c11-8(5-12)6-15-9-3-1-7(2-4-9)10(13)14/h1-4,8H,6H2,(H2,13,14). The Bertz CT molecular complexity index is 383. The topological polar surface area (TPSA) is 76.1 Å². The zero-order valence-corrected chi connectivity index (χ0v) is 8.57. The fourth-order valence-electron chi connectivity index (χ4n) is 0.922. The average molecular weight is 225 g/mol. The molecule has 0 aliphatic carbocycles. The molecule has 5 heteroatoms. The number of hydrogen-bond donors (Lipinski definition) is 1. The SMILES string of the molecule is N#CC(Cl)COc1ccc(C(N)=O)cc1. The van der Waals surface area contributed by atoms with Crippen molar-refractivity contribution in [1.29, 1.82) is 5.26 Å². The van der Waals surface area contributed by atoms with Crippen molar-refractivity contribution in [3.05, 3.63) is 29.8 Å². The first-order valence-electron chi connectivity index (χ1n) is 4.20. The zero-order valence-electron chi connectivity index (χ0n) is 7.81. The van der Waals surface area contributed by atoms with Crippen molar-refractivity contribution < 1.29 is 9.53 Å². The molecular weight excluding hydrogens is 216 g/mol. The predicted molar refractivity (Wildman–Crippen MR) is 55.7 cm³/mol. The summed E-state index contributed by atoms with van der Waals surface area (Å²) in [5.74, 6) is 0.0506. The van der Waals surface area contributed by atoms with Crippen LogP contribution in [0.2, 0.25) is 0 Å². The molecular formula is C10H9ClN2O2. The summed E-state index contributed by atoms with van der Waals surface area (Å²) in [6, 6.07) is 8.13. The van der Waals surface area contributed by atoms with E-state index >= 15 is 0 Å². The van der Waals surface area contributed by atoms with Crippen LogP contribution in [0.1, 0.15) is 10.4 Å². The minimum atomic E-state index is -0.680. The number of ether oxygens (including phenoxy) is 1. The molecule has 0 aliphatic rings. The van der Waals surface area contributed by atoms with Crippen LogP contribution < -0.4 is 10.5 Å². The molecule has 1 unspecified atom stereocenters. The van der Waals surface area contributed by atoms with E-state index in [1.807, 2.05) is 6.07 Å². The Balaban J connectivity index is 2.58. The number of benzene rings is 1. The number of amides is 1. The fraction of sp³-hybridized carbons (Fsp3) is 0.200. The summed E-state index contributed by atoms with van der Waals surface area (Å²) < 4.78 is 5.19. The molecule has 2 N–H and O–H groups in total. The Kier molecular flexibility index (Phi) is 3.95. The maximum Gasteiger partial charge on any atom is 0.248 e. The van der Waals surface area contributed by atoms with Crippen LogP contribution in [0, 0.1) is 11.3 Å². The lowest BCUT2D eigenvalue weighted by atomic mass is 10.2. The van der Waals surface area contributed by atoms with Gasteiger partial charge in [-0.1, -0.05) is 0 Å². The van der Waals surface area contributed by atoms with Crippen LogP contribution in [0.25, 0.3) is 0 Å². The summed E-state index contributed by atoms with van der Waals surface area (Å²) in [4.78, 5) is 10.7. The van der Waals surface area contributed by atoms with E-state index in [1.165, 1.54) is 0 Å². The molecule has 1 rings (SSSR count). The van der Waals surface area contributed by atoms with E-state index in [-0.39, 0.29) is 6.61 Å². The van der Waals surface area contributed by atoms with Crippen molar-refractivity contribution in [2.75, 3.05) is 6.61 Å². The average Bonchev–Trinajstić information content (AvgIpc) is 2.26. The molecule has 1 amide bonds. The molecule has 15 heavy (non-hydrogen) atoms. The van der Waals surface area contributed by atoms with Gasteiger partial charge in [-0.25, -0.2) is 0 Å². The Morgan fingerprint density at radius 2 is 2.13 bits per heavy atom. The Morgan fingerprint density at radius 3 is 2.60 bits per heavy atom. The van der Waals surface area contributed by atoms with Gasteiger partial charge in [0, 0.05) is 5.56 Å². The van der Waals surface area contributed by atoms with Crippen LogP contribution in [-0.4, -0.2) is 17.9 Å². The normalized spacial score (nSPS) is 11.5. The molecule has 1 aromatic carbocycles. The van der Waals surface area contributed by atoms with Crippen LogP contribution in [-0.2, 0) is 0 Å². The fourth-order valence-corrected chi connectivity index (χ4v) is 0.985. The molecule has 78 valence electrons. The van der Waals surface area contributed by atoms with Gasteiger partial charge in [0.05, 0.1) is 6.07 Å². The highest BCUT2D eigenvalue weighted by Crippen LogP contribution is 2.12. The minimum absolute atomic E-state index is 0.105. The second-order valence-electron chi connectivity index (χ2n) is 2.80. The molecule has 0 bridgehead atoms. The highest BCUT2D eigenvalue weighted by atomic mass is 35.5. The molecule has 4 nitrogen and oxygen atoms in total. The second-order valence-corrected chi connectivity index (χ2v) is 3.32. The quantitative estimate of drug-likeness (QED) is 0.783. The molecule has 0 radical (unpaired) electrons. The third kappa shape index (κ3) is 3.49. The largest absolute Gasteiger partial charge is 0.491 e. The maximum atomic E-state index is 10.7. The maximum absolute atomic E-state index is 10.7. The van der Waals surface area contributed by atoms with Gasteiger partial charge in [0.25, 0.3) is 0 Å². The number of halogens is 1. The highest BCUT2D eigenvalue weighted by molar-refractivity contribution is 6.22. The number of nitriles is 1. The summed E-state index contributed by atoms with van der Waals surface area (Å²) in [6.07, 6.45) is 0. The third-order valence-corrected chi connectivity index (χ3v) is 1.90. The van der Waals surface area contributed by atoms with Crippen molar-refractivity contribution in [2.45, 2.75) is 5.38 Å². The Hall–Kier alpha value is -1.73. The predicted octanol–water partition coefficient (Wildman–Crippen LogP) is 1.30. The summed E-state index contributed by atoms with van der Waals surface area (Å²) in [7, 11) is 0. The molecule has 0 saturated carbocycles. The lowest BCUT2D eigenvalue weighted by Gasteiger charge is -2.06. The van der Waals surface area contributed by atoms with Gasteiger partial charge in [-0.05, 0) is 24.3 Å². The van der Waals surface area contributed by atoms with Gasteiger partial charge in [0.15, 0.2) is 5.38 Å². The number of nitrogens with zero attached hydrogens (tertiary/aromatic N) is 1. The van der Waals surface area contributed by atoms with Crippen LogP contribution in [0.4, 0.5) is 0 Å². The van der Waals surface area contributed by atoms with E-state index in [4.69, 9.17) is 27.3 Å². The van der Waals surface area contributed by atoms with Crippen LogP contribution in [0.15, 0.2) is 24.3 Å². The molecule has 1 aromatic rings. The van der Waals surface area contributed by atoms with Gasteiger partial charge >= 0.3 is 0 Å². The van der Waals surface area contributed by atoms with Crippen LogP contribution >= 0.6 is 11.6 Å².